The molecule has 1 N–H and O–H groups in total. The summed E-state index contributed by atoms with van der Waals surface area (Å²) >= 11 is 5.83. The highest BCUT2D eigenvalue weighted by molar-refractivity contribution is 6.29. The number of carboxylic acid groups (broad SMARTS) is 1. The summed E-state index contributed by atoms with van der Waals surface area (Å²) in [7, 11) is 0. The van der Waals surface area contributed by atoms with Crippen LogP contribution in [0.2, 0.25) is 5.15 Å². The first kappa shape index (κ1) is 12.5. The maximum atomic E-state index is 13.1. The Kier molecular flexibility index (Phi) is 3.58. The van der Waals surface area contributed by atoms with E-state index in [-0.39, 0.29) is 17.4 Å². The van der Waals surface area contributed by atoms with Gasteiger partial charge in [0.15, 0.2) is 0 Å². The molecular formula is C13H9ClFNO2. The van der Waals surface area contributed by atoms with E-state index >= 15 is 0 Å². The van der Waals surface area contributed by atoms with E-state index in [1.807, 2.05) is 0 Å². The van der Waals surface area contributed by atoms with Gasteiger partial charge in [0.05, 0.1) is 12.1 Å². The molecule has 0 aliphatic carbocycles. The molecule has 18 heavy (non-hydrogen) atoms. The van der Waals surface area contributed by atoms with Gasteiger partial charge in [-0.25, -0.2) is 9.37 Å². The lowest BCUT2D eigenvalue weighted by molar-refractivity contribution is -0.136. The Balaban J connectivity index is 2.44. The van der Waals surface area contributed by atoms with Crippen LogP contribution in [0.15, 0.2) is 36.4 Å². The summed E-state index contributed by atoms with van der Waals surface area (Å²) in [6.07, 6.45) is -0.148. The lowest BCUT2D eigenvalue weighted by atomic mass is 10.1. The van der Waals surface area contributed by atoms with E-state index in [9.17, 15) is 9.18 Å². The fourth-order valence-corrected chi connectivity index (χ4v) is 1.85. The van der Waals surface area contributed by atoms with E-state index in [2.05, 4.69) is 4.98 Å². The molecule has 0 atom stereocenters. The second-order valence-corrected chi connectivity index (χ2v) is 4.15. The molecule has 0 bridgehead atoms. The fourth-order valence-electron chi connectivity index (χ4n) is 1.62. The van der Waals surface area contributed by atoms with Gasteiger partial charge in [-0.3, -0.25) is 4.79 Å². The average Bonchev–Trinajstić information content (AvgIpc) is 2.27. The molecule has 0 aliphatic heterocycles. The molecule has 1 aromatic heterocycles. The van der Waals surface area contributed by atoms with Gasteiger partial charge in [0.25, 0.3) is 0 Å². The summed E-state index contributed by atoms with van der Waals surface area (Å²) in [5, 5.41) is 8.93. The number of benzene rings is 1. The van der Waals surface area contributed by atoms with Crippen molar-refractivity contribution in [3.63, 3.8) is 0 Å². The first-order valence-electron chi connectivity index (χ1n) is 5.19. The number of carbonyl (C=O) groups is 1. The summed E-state index contributed by atoms with van der Waals surface area (Å²) in [6.45, 7) is 0. The van der Waals surface area contributed by atoms with Crippen LogP contribution in [0.4, 0.5) is 4.39 Å². The van der Waals surface area contributed by atoms with Gasteiger partial charge in [-0.05, 0) is 29.8 Å². The van der Waals surface area contributed by atoms with Crippen LogP contribution in [0.5, 0.6) is 0 Å². The number of nitrogens with zero attached hydrogens (tertiary/aromatic N) is 1. The van der Waals surface area contributed by atoms with Crippen LogP contribution in [-0.4, -0.2) is 16.1 Å². The molecule has 2 rings (SSSR count). The third-order valence-corrected chi connectivity index (χ3v) is 2.52. The Morgan fingerprint density at radius 1 is 1.33 bits per heavy atom. The second-order valence-electron chi connectivity index (χ2n) is 3.76. The summed E-state index contributed by atoms with van der Waals surface area (Å²) in [4.78, 5) is 14.7. The zero-order valence-electron chi connectivity index (χ0n) is 9.23. The third-order valence-electron chi connectivity index (χ3n) is 2.33. The van der Waals surface area contributed by atoms with Crippen molar-refractivity contribution in [2.75, 3.05) is 0 Å². The molecular weight excluding hydrogens is 257 g/mol. The highest BCUT2D eigenvalue weighted by Crippen LogP contribution is 2.22. The Morgan fingerprint density at radius 2 is 2.11 bits per heavy atom. The minimum atomic E-state index is -0.956. The van der Waals surface area contributed by atoms with Gasteiger partial charge in [-0.1, -0.05) is 23.7 Å². The Hall–Kier alpha value is -1.94. The maximum Gasteiger partial charge on any atom is 0.307 e. The standard InChI is InChI=1S/C13H9ClFNO2/c14-12-5-8(6-13(17)18)4-11(16-12)9-2-1-3-10(15)7-9/h1-5,7H,6H2,(H,17,18). The van der Waals surface area contributed by atoms with Gasteiger partial charge >= 0.3 is 5.97 Å². The van der Waals surface area contributed by atoms with Gasteiger partial charge in [-0.15, -0.1) is 0 Å². The van der Waals surface area contributed by atoms with Crippen molar-refractivity contribution in [2.45, 2.75) is 6.42 Å². The minimum Gasteiger partial charge on any atom is -0.481 e. The van der Waals surface area contributed by atoms with Crippen LogP contribution in [0.1, 0.15) is 5.56 Å². The number of hydrogen-bond donors (Lipinski definition) is 1. The quantitative estimate of drug-likeness (QED) is 0.867. The number of aromatic nitrogens is 1. The topological polar surface area (TPSA) is 50.2 Å². The average molecular weight is 266 g/mol. The molecule has 1 aromatic carbocycles. The van der Waals surface area contributed by atoms with Gasteiger partial charge in [-0.2, -0.15) is 0 Å². The summed E-state index contributed by atoms with van der Waals surface area (Å²) in [5.74, 6) is -1.34. The zero-order chi connectivity index (χ0) is 13.1. The predicted octanol–water partition coefficient (Wildman–Crippen LogP) is 3.17. The van der Waals surface area contributed by atoms with E-state index in [0.29, 0.717) is 16.8 Å². The van der Waals surface area contributed by atoms with Crippen LogP contribution in [0.3, 0.4) is 0 Å². The maximum absolute atomic E-state index is 13.1. The van der Waals surface area contributed by atoms with Crippen molar-refractivity contribution in [1.82, 2.24) is 4.98 Å². The molecule has 1 heterocycles. The normalized spacial score (nSPS) is 10.3. The van der Waals surface area contributed by atoms with Crippen molar-refractivity contribution in [3.8, 4) is 11.3 Å². The predicted molar refractivity (Wildman–Crippen MR) is 66.0 cm³/mol. The number of carboxylic acids is 1. The van der Waals surface area contributed by atoms with Gasteiger partial charge < -0.3 is 5.11 Å². The second kappa shape index (κ2) is 5.14. The first-order chi connectivity index (χ1) is 8.54. The van der Waals surface area contributed by atoms with Gasteiger partial charge in [0.1, 0.15) is 11.0 Å². The van der Waals surface area contributed by atoms with Crippen LogP contribution in [-0.2, 0) is 11.2 Å². The number of rotatable bonds is 3. The number of hydrogen-bond acceptors (Lipinski definition) is 2. The van der Waals surface area contributed by atoms with E-state index in [1.54, 1.807) is 18.2 Å². The van der Waals surface area contributed by atoms with Gasteiger partial charge in [0.2, 0.25) is 0 Å². The molecule has 0 radical (unpaired) electrons. The molecule has 0 aliphatic rings. The summed E-state index contributed by atoms with van der Waals surface area (Å²) in [6, 6.07) is 8.97. The van der Waals surface area contributed by atoms with E-state index < -0.39 is 5.97 Å². The molecule has 2 aromatic rings. The largest absolute Gasteiger partial charge is 0.481 e. The van der Waals surface area contributed by atoms with Crippen LogP contribution in [0, 0.1) is 5.82 Å². The summed E-state index contributed by atoms with van der Waals surface area (Å²) in [5.41, 5.74) is 1.55. The molecule has 3 nitrogen and oxygen atoms in total. The molecule has 0 amide bonds. The number of aliphatic carboxylic acids is 1. The van der Waals surface area contributed by atoms with Crippen molar-refractivity contribution in [1.29, 1.82) is 0 Å². The molecule has 5 heteroatoms. The van der Waals surface area contributed by atoms with Crippen molar-refractivity contribution >= 4 is 17.6 Å². The monoisotopic (exact) mass is 265 g/mol. The Bertz CT molecular complexity index is 601. The van der Waals surface area contributed by atoms with Crippen LogP contribution < -0.4 is 0 Å². The first-order valence-corrected chi connectivity index (χ1v) is 5.56. The molecule has 0 saturated heterocycles. The molecule has 0 spiro atoms. The lowest BCUT2D eigenvalue weighted by Crippen LogP contribution is -2.01. The molecule has 0 unspecified atom stereocenters. The SMILES string of the molecule is O=C(O)Cc1cc(Cl)nc(-c2cccc(F)c2)c1. The minimum absolute atomic E-state index is 0.148. The number of pyridine rings is 1. The molecule has 0 saturated carbocycles. The van der Waals surface area contributed by atoms with Crippen molar-refractivity contribution in [3.05, 3.63) is 52.9 Å². The summed E-state index contributed by atoms with van der Waals surface area (Å²) < 4.78 is 13.1. The van der Waals surface area contributed by atoms with Crippen LogP contribution >= 0.6 is 11.6 Å². The van der Waals surface area contributed by atoms with E-state index in [0.717, 1.165) is 0 Å². The van der Waals surface area contributed by atoms with E-state index in [4.69, 9.17) is 16.7 Å². The smallest absolute Gasteiger partial charge is 0.307 e. The highest BCUT2D eigenvalue weighted by atomic mass is 35.5. The van der Waals surface area contributed by atoms with Crippen molar-refractivity contribution in [2.24, 2.45) is 0 Å². The zero-order valence-corrected chi connectivity index (χ0v) is 9.99. The fraction of sp³-hybridized carbons (Fsp3) is 0.0769. The van der Waals surface area contributed by atoms with Crippen molar-refractivity contribution < 1.29 is 14.3 Å². The Morgan fingerprint density at radius 3 is 2.78 bits per heavy atom. The molecule has 92 valence electrons. The van der Waals surface area contributed by atoms with Crippen LogP contribution in [0.25, 0.3) is 11.3 Å². The molecule has 0 fully saturated rings. The lowest BCUT2D eigenvalue weighted by Gasteiger charge is -2.05. The van der Waals surface area contributed by atoms with E-state index in [1.165, 1.54) is 18.2 Å². The highest BCUT2D eigenvalue weighted by Gasteiger charge is 2.07. The third kappa shape index (κ3) is 3.05. The number of halogens is 2. The Labute approximate surface area is 108 Å². The van der Waals surface area contributed by atoms with Gasteiger partial charge in [0, 0.05) is 5.56 Å².